The number of halogens is 2. The van der Waals surface area contributed by atoms with Gasteiger partial charge < -0.3 is 5.11 Å². The third-order valence-corrected chi connectivity index (χ3v) is 7.97. The van der Waals surface area contributed by atoms with Crippen LogP contribution in [0.4, 0.5) is 8.78 Å². The zero-order chi connectivity index (χ0) is 27.2. The predicted octanol–water partition coefficient (Wildman–Crippen LogP) is 4.03. The third-order valence-electron chi connectivity index (χ3n) is 6.21. The molecule has 0 aliphatic heterocycles. The van der Waals surface area contributed by atoms with Gasteiger partial charge in [0, 0.05) is 22.9 Å². The number of aromatic carboxylic acids is 1. The van der Waals surface area contributed by atoms with Crippen LogP contribution >= 0.6 is 11.3 Å². The Morgan fingerprint density at radius 1 is 1.21 bits per heavy atom. The molecule has 0 spiro atoms. The summed E-state index contributed by atoms with van der Waals surface area (Å²) in [7, 11) is -4.25. The molecule has 194 valence electrons. The molecule has 0 atom stereocenters. The number of benzene rings is 2. The average molecular weight is 556 g/mol. The van der Waals surface area contributed by atoms with E-state index in [1.807, 2.05) is 6.07 Å². The fourth-order valence-corrected chi connectivity index (χ4v) is 5.53. The number of carboxylic acids is 1. The van der Waals surface area contributed by atoms with E-state index in [2.05, 4.69) is 4.98 Å². The summed E-state index contributed by atoms with van der Waals surface area (Å²) in [5.41, 5.74) is 2.29. The summed E-state index contributed by atoms with van der Waals surface area (Å²) in [6.45, 7) is 0. The van der Waals surface area contributed by atoms with Crippen molar-refractivity contribution in [3.63, 3.8) is 0 Å². The SMILES string of the molecule is N#Cc1cc(-c2nn(-c3nc(C(=O)O)cs3)c(CC3CC3)c2Cc2ccc(S(N)(=O)=O)c(F)c2)ccc1F. The maximum Gasteiger partial charge on any atom is 0.355 e. The number of nitriles is 1. The van der Waals surface area contributed by atoms with Crippen LogP contribution in [0.2, 0.25) is 0 Å². The Balaban J connectivity index is 1.70. The summed E-state index contributed by atoms with van der Waals surface area (Å²) in [6.07, 6.45) is 2.68. The summed E-state index contributed by atoms with van der Waals surface area (Å²) in [5.74, 6) is -2.52. The summed E-state index contributed by atoms with van der Waals surface area (Å²) in [6, 6.07) is 9.43. The van der Waals surface area contributed by atoms with Crippen molar-refractivity contribution in [1.82, 2.24) is 14.8 Å². The maximum atomic E-state index is 14.7. The van der Waals surface area contributed by atoms with Gasteiger partial charge in [0.25, 0.3) is 0 Å². The molecule has 1 aliphatic rings. The van der Waals surface area contributed by atoms with Gasteiger partial charge in [0.15, 0.2) is 5.69 Å². The second-order valence-electron chi connectivity index (χ2n) is 8.95. The van der Waals surface area contributed by atoms with E-state index in [1.54, 1.807) is 4.68 Å². The molecule has 9 nitrogen and oxygen atoms in total. The molecule has 5 rings (SSSR count). The maximum absolute atomic E-state index is 14.7. The van der Waals surface area contributed by atoms with Crippen LogP contribution in [0.5, 0.6) is 0 Å². The minimum atomic E-state index is -4.25. The highest BCUT2D eigenvalue weighted by Gasteiger charge is 2.29. The number of hydrogen-bond donors (Lipinski definition) is 2. The molecule has 2 heterocycles. The highest BCUT2D eigenvalue weighted by molar-refractivity contribution is 7.89. The van der Waals surface area contributed by atoms with E-state index < -0.39 is 32.5 Å². The number of nitrogens with two attached hydrogens (primary N) is 1. The lowest BCUT2D eigenvalue weighted by atomic mass is 9.96. The van der Waals surface area contributed by atoms with Crippen molar-refractivity contribution >= 4 is 27.3 Å². The van der Waals surface area contributed by atoms with Crippen LogP contribution < -0.4 is 5.14 Å². The molecule has 3 N–H and O–H groups in total. The van der Waals surface area contributed by atoms with Crippen molar-refractivity contribution in [3.8, 4) is 22.5 Å². The van der Waals surface area contributed by atoms with Crippen LogP contribution in [0.3, 0.4) is 0 Å². The van der Waals surface area contributed by atoms with Crippen molar-refractivity contribution in [1.29, 1.82) is 5.26 Å². The number of sulfonamides is 1. The number of primary sulfonamides is 1. The van der Waals surface area contributed by atoms with Crippen LogP contribution in [-0.2, 0) is 22.9 Å². The normalized spacial score (nSPS) is 13.4. The number of rotatable bonds is 8. The Bertz CT molecular complexity index is 1740. The van der Waals surface area contributed by atoms with Gasteiger partial charge in [-0.25, -0.2) is 36.8 Å². The molecule has 38 heavy (non-hydrogen) atoms. The van der Waals surface area contributed by atoms with E-state index in [0.717, 1.165) is 42.4 Å². The van der Waals surface area contributed by atoms with Gasteiger partial charge in [-0.1, -0.05) is 6.07 Å². The summed E-state index contributed by atoms with van der Waals surface area (Å²) < 4.78 is 53.6. The number of thiazole rings is 1. The van der Waals surface area contributed by atoms with E-state index in [-0.39, 0.29) is 17.7 Å². The number of carbonyl (C=O) groups is 1. The molecular weight excluding hydrogens is 536 g/mol. The Kier molecular flexibility index (Phi) is 6.56. The molecule has 1 fully saturated rings. The topological polar surface area (TPSA) is 152 Å². The first kappa shape index (κ1) is 25.7. The Labute approximate surface area is 219 Å². The standard InChI is InChI=1S/C25H19F2N5O4S2/c26-18-5-4-15(10-16(18)11-28)23-17(7-14-3-6-22(19(27)8-14)38(29,35)36)21(9-13-1-2-13)32(31-23)25-30-20(12-37-25)24(33)34/h3-6,8,10,12-13H,1-2,7,9H2,(H,33,34)(H2,29,35,36). The Morgan fingerprint density at radius 2 is 1.97 bits per heavy atom. The van der Waals surface area contributed by atoms with Gasteiger partial charge in [-0.05, 0) is 61.1 Å². The van der Waals surface area contributed by atoms with E-state index >= 15 is 0 Å². The summed E-state index contributed by atoms with van der Waals surface area (Å²) in [4.78, 5) is 15.0. The molecule has 0 unspecified atom stereocenters. The van der Waals surface area contributed by atoms with Crippen LogP contribution in [0.1, 0.15) is 45.7 Å². The largest absolute Gasteiger partial charge is 0.476 e. The zero-order valence-corrected chi connectivity index (χ0v) is 21.2. The first-order valence-corrected chi connectivity index (χ1v) is 13.8. The first-order valence-electron chi connectivity index (χ1n) is 11.4. The van der Waals surface area contributed by atoms with Gasteiger partial charge in [0.05, 0.1) is 17.0 Å². The lowest BCUT2D eigenvalue weighted by Crippen LogP contribution is -2.14. The molecule has 2 aromatic heterocycles. The monoisotopic (exact) mass is 555 g/mol. The van der Waals surface area contributed by atoms with Crippen molar-refractivity contribution in [2.75, 3.05) is 0 Å². The Hall–Kier alpha value is -3.99. The number of nitrogens with zero attached hydrogens (tertiary/aromatic N) is 4. The minimum Gasteiger partial charge on any atom is -0.476 e. The zero-order valence-electron chi connectivity index (χ0n) is 19.6. The lowest BCUT2D eigenvalue weighted by Gasteiger charge is -2.10. The van der Waals surface area contributed by atoms with Gasteiger partial charge in [-0.15, -0.1) is 11.3 Å². The van der Waals surface area contributed by atoms with Gasteiger partial charge in [-0.3, -0.25) is 0 Å². The molecule has 4 aromatic rings. The second kappa shape index (κ2) is 9.71. The predicted molar refractivity (Wildman–Crippen MR) is 133 cm³/mol. The lowest BCUT2D eigenvalue weighted by molar-refractivity contribution is 0.0691. The Morgan fingerprint density at radius 3 is 2.58 bits per heavy atom. The van der Waals surface area contributed by atoms with Crippen molar-refractivity contribution in [2.24, 2.45) is 11.1 Å². The first-order chi connectivity index (χ1) is 18.0. The number of carboxylic acid groups (broad SMARTS) is 1. The molecule has 2 aromatic carbocycles. The van der Waals surface area contributed by atoms with E-state index in [9.17, 15) is 32.4 Å². The van der Waals surface area contributed by atoms with Gasteiger partial charge in [0.1, 0.15) is 22.6 Å². The fourth-order valence-electron chi connectivity index (χ4n) is 4.17. The van der Waals surface area contributed by atoms with Gasteiger partial charge >= 0.3 is 5.97 Å². The van der Waals surface area contributed by atoms with Gasteiger partial charge in [0.2, 0.25) is 15.2 Å². The summed E-state index contributed by atoms with van der Waals surface area (Å²) >= 11 is 1.09. The summed E-state index contributed by atoms with van der Waals surface area (Å²) in [5, 5.41) is 30.2. The van der Waals surface area contributed by atoms with Crippen molar-refractivity contribution < 1.29 is 27.1 Å². The molecule has 0 saturated heterocycles. The fraction of sp³-hybridized carbons (Fsp3) is 0.200. The molecule has 13 heteroatoms. The highest BCUT2D eigenvalue weighted by atomic mass is 32.2. The van der Waals surface area contributed by atoms with E-state index in [1.165, 1.54) is 23.6 Å². The molecule has 1 saturated carbocycles. The average Bonchev–Trinajstić information content (AvgIpc) is 3.41. The van der Waals surface area contributed by atoms with E-state index in [0.29, 0.717) is 45.5 Å². The number of aromatic nitrogens is 3. The van der Waals surface area contributed by atoms with Crippen LogP contribution in [0, 0.1) is 28.9 Å². The molecular formula is C25H19F2N5O4S2. The van der Waals surface area contributed by atoms with Crippen molar-refractivity contribution in [3.05, 3.63) is 81.5 Å². The molecule has 1 aliphatic carbocycles. The molecule has 0 bridgehead atoms. The minimum absolute atomic E-state index is 0.121. The smallest absolute Gasteiger partial charge is 0.355 e. The number of hydrogen-bond acceptors (Lipinski definition) is 7. The quantitative estimate of drug-likeness (QED) is 0.333. The van der Waals surface area contributed by atoms with Crippen LogP contribution in [0.15, 0.2) is 46.7 Å². The molecule has 0 amide bonds. The van der Waals surface area contributed by atoms with E-state index in [4.69, 9.17) is 10.2 Å². The molecule has 0 radical (unpaired) electrons. The van der Waals surface area contributed by atoms with Crippen LogP contribution in [0.25, 0.3) is 16.4 Å². The second-order valence-corrected chi connectivity index (χ2v) is 11.3. The van der Waals surface area contributed by atoms with Crippen molar-refractivity contribution in [2.45, 2.75) is 30.6 Å². The third kappa shape index (κ3) is 5.06. The van der Waals surface area contributed by atoms with Gasteiger partial charge in [-0.2, -0.15) is 10.4 Å². The van der Waals surface area contributed by atoms with Crippen LogP contribution in [-0.4, -0.2) is 34.3 Å². The highest BCUT2D eigenvalue weighted by Crippen LogP contribution is 2.38.